The number of ether oxygens (including phenoxy) is 1. The Morgan fingerprint density at radius 2 is 1.88 bits per heavy atom. The molecule has 1 aliphatic rings. The molecule has 34 heavy (non-hydrogen) atoms. The van der Waals surface area contributed by atoms with Crippen LogP contribution in [0.1, 0.15) is 24.1 Å². The van der Waals surface area contributed by atoms with Crippen LogP contribution in [0.25, 0.3) is 0 Å². The fourth-order valence-corrected chi connectivity index (χ4v) is 3.88. The molecule has 0 saturated carbocycles. The van der Waals surface area contributed by atoms with Crippen LogP contribution in [0.5, 0.6) is 5.75 Å². The quantitative estimate of drug-likeness (QED) is 0.416. The van der Waals surface area contributed by atoms with Gasteiger partial charge in [0, 0.05) is 18.8 Å². The molecule has 0 spiro atoms. The lowest BCUT2D eigenvalue weighted by Gasteiger charge is -2.24. The fraction of sp³-hybridized carbons (Fsp3) is 0.333. The van der Waals surface area contributed by atoms with E-state index in [9.17, 15) is 9.59 Å². The van der Waals surface area contributed by atoms with Crippen LogP contribution in [0.15, 0.2) is 60.8 Å². The van der Waals surface area contributed by atoms with Crippen molar-refractivity contribution in [3.05, 3.63) is 72.1 Å². The Hall–Kier alpha value is -4.08. The first kappa shape index (κ1) is 23.1. The zero-order valence-electron chi connectivity index (χ0n) is 18.9. The average Bonchev–Trinajstić information content (AvgIpc) is 3.51. The zero-order chi connectivity index (χ0) is 23.8. The number of anilines is 1. The highest BCUT2D eigenvalue weighted by Crippen LogP contribution is 2.19. The molecule has 10 nitrogen and oxygen atoms in total. The van der Waals surface area contributed by atoms with E-state index in [1.54, 1.807) is 16.8 Å². The van der Waals surface area contributed by atoms with Crippen LogP contribution >= 0.6 is 0 Å². The van der Waals surface area contributed by atoms with Crippen LogP contribution in [-0.4, -0.2) is 51.0 Å². The standard InChI is InChI=1S/C24H29N7O3/c25-19-10-8-18(9-11-19)13-26-24(33)27-14-23(32)31-12-4-5-21(31)16-30-15-20(28-29-30)17-34-22-6-2-1-3-7-22/h1-3,6-11,15,21H,4-5,12-14,16-17,25H2,(H2,26,27,33)/t21-/m1/s1. The number of nitrogens with two attached hydrogens (primary N) is 1. The second-order valence-electron chi connectivity index (χ2n) is 8.19. The first-order valence-corrected chi connectivity index (χ1v) is 11.3. The molecule has 1 aliphatic heterocycles. The second kappa shape index (κ2) is 11.2. The number of benzene rings is 2. The normalized spacial score (nSPS) is 15.2. The van der Waals surface area contributed by atoms with Crippen molar-refractivity contribution in [1.82, 2.24) is 30.5 Å². The van der Waals surface area contributed by atoms with Gasteiger partial charge in [-0.3, -0.25) is 9.48 Å². The molecule has 0 bridgehead atoms. The van der Waals surface area contributed by atoms with Gasteiger partial charge < -0.3 is 26.0 Å². The number of nitrogens with zero attached hydrogens (tertiary/aromatic N) is 4. The van der Waals surface area contributed by atoms with Gasteiger partial charge in [-0.2, -0.15) is 0 Å². The lowest BCUT2D eigenvalue weighted by molar-refractivity contribution is -0.131. The largest absolute Gasteiger partial charge is 0.487 e. The van der Waals surface area contributed by atoms with E-state index in [2.05, 4.69) is 20.9 Å². The number of carbonyl (C=O) groups is 2. The van der Waals surface area contributed by atoms with Gasteiger partial charge in [-0.1, -0.05) is 35.5 Å². The summed E-state index contributed by atoms with van der Waals surface area (Å²) in [4.78, 5) is 26.6. The van der Waals surface area contributed by atoms with Gasteiger partial charge in [0.25, 0.3) is 0 Å². The average molecular weight is 464 g/mol. The van der Waals surface area contributed by atoms with Crippen LogP contribution in [-0.2, 0) is 24.5 Å². The molecule has 1 fully saturated rings. The van der Waals surface area contributed by atoms with Gasteiger partial charge in [0.15, 0.2) is 0 Å². The van der Waals surface area contributed by atoms with E-state index >= 15 is 0 Å². The minimum absolute atomic E-state index is 0.0109. The maximum absolute atomic E-state index is 12.7. The first-order valence-electron chi connectivity index (χ1n) is 11.3. The third-order valence-corrected chi connectivity index (χ3v) is 5.64. The predicted octanol–water partition coefficient (Wildman–Crippen LogP) is 1.93. The van der Waals surface area contributed by atoms with Crippen LogP contribution < -0.4 is 21.1 Å². The van der Waals surface area contributed by atoms with Crippen LogP contribution in [0.3, 0.4) is 0 Å². The highest BCUT2D eigenvalue weighted by atomic mass is 16.5. The van der Waals surface area contributed by atoms with Crippen molar-refractivity contribution in [3.8, 4) is 5.75 Å². The van der Waals surface area contributed by atoms with Crippen molar-refractivity contribution in [1.29, 1.82) is 0 Å². The van der Waals surface area contributed by atoms with Crippen molar-refractivity contribution in [2.24, 2.45) is 0 Å². The van der Waals surface area contributed by atoms with E-state index in [4.69, 9.17) is 10.5 Å². The monoisotopic (exact) mass is 463 g/mol. The Bertz CT molecular complexity index is 1090. The van der Waals surface area contributed by atoms with E-state index in [1.807, 2.05) is 53.6 Å². The smallest absolute Gasteiger partial charge is 0.315 e. The van der Waals surface area contributed by atoms with Crippen molar-refractivity contribution in [2.45, 2.75) is 38.6 Å². The summed E-state index contributed by atoms with van der Waals surface area (Å²) in [6.45, 7) is 1.84. The molecular formula is C24H29N7O3. The van der Waals surface area contributed by atoms with E-state index < -0.39 is 0 Å². The molecule has 4 N–H and O–H groups in total. The topological polar surface area (TPSA) is 127 Å². The molecule has 2 heterocycles. The predicted molar refractivity (Wildman–Crippen MR) is 127 cm³/mol. The van der Waals surface area contributed by atoms with Crippen LogP contribution in [0.4, 0.5) is 10.5 Å². The van der Waals surface area contributed by atoms with Crippen molar-refractivity contribution in [2.75, 3.05) is 18.8 Å². The van der Waals surface area contributed by atoms with Gasteiger partial charge in [0.05, 0.1) is 25.3 Å². The zero-order valence-corrected chi connectivity index (χ0v) is 18.9. The Morgan fingerprint density at radius 1 is 1.09 bits per heavy atom. The lowest BCUT2D eigenvalue weighted by atomic mass is 10.2. The SMILES string of the molecule is Nc1ccc(CNC(=O)NCC(=O)N2CCC[C@@H]2Cn2cc(COc3ccccc3)nn2)cc1. The summed E-state index contributed by atoms with van der Waals surface area (Å²) in [6, 6.07) is 16.4. The Labute approximate surface area is 198 Å². The van der Waals surface area contributed by atoms with Gasteiger partial charge in [-0.05, 0) is 42.7 Å². The number of aromatic nitrogens is 3. The van der Waals surface area contributed by atoms with Gasteiger partial charge >= 0.3 is 6.03 Å². The Kier molecular flexibility index (Phi) is 7.59. The third-order valence-electron chi connectivity index (χ3n) is 5.64. The van der Waals surface area contributed by atoms with E-state index in [-0.39, 0.29) is 24.5 Å². The van der Waals surface area contributed by atoms with Gasteiger partial charge in [-0.25, -0.2) is 4.79 Å². The number of hydrogen-bond acceptors (Lipinski definition) is 6. The first-order chi connectivity index (χ1) is 16.6. The summed E-state index contributed by atoms with van der Waals surface area (Å²) in [5, 5.41) is 13.7. The van der Waals surface area contributed by atoms with Crippen molar-refractivity contribution < 1.29 is 14.3 Å². The second-order valence-corrected chi connectivity index (χ2v) is 8.19. The number of likely N-dealkylation sites (tertiary alicyclic amines) is 1. The molecule has 0 unspecified atom stereocenters. The lowest BCUT2D eigenvalue weighted by Crippen LogP contribution is -2.46. The Morgan fingerprint density at radius 3 is 2.68 bits per heavy atom. The molecule has 0 radical (unpaired) electrons. The molecule has 1 atom stereocenters. The molecule has 4 rings (SSSR count). The number of hydrogen-bond donors (Lipinski definition) is 3. The molecular weight excluding hydrogens is 434 g/mol. The molecule has 1 saturated heterocycles. The summed E-state index contributed by atoms with van der Waals surface area (Å²) in [6.07, 6.45) is 3.63. The molecule has 2 aromatic carbocycles. The summed E-state index contributed by atoms with van der Waals surface area (Å²) < 4.78 is 7.45. The van der Waals surface area contributed by atoms with Gasteiger partial charge in [0.1, 0.15) is 18.1 Å². The van der Waals surface area contributed by atoms with E-state index in [0.29, 0.717) is 31.9 Å². The van der Waals surface area contributed by atoms with Crippen LogP contribution in [0, 0.1) is 0 Å². The summed E-state index contributed by atoms with van der Waals surface area (Å²) in [5.74, 6) is 0.660. The molecule has 178 valence electrons. The van der Waals surface area contributed by atoms with Crippen molar-refractivity contribution in [3.63, 3.8) is 0 Å². The number of urea groups is 1. The number of carbonyl (C=O) groups excluding carboxylic acids is 2. The molecule has 10 heteroatoms. The maximum atomic E-state index is 12.7. The minimum Gasteiger partial charge on any atom is -0.487 e. The number of rotatable bonds is 9. The van der Waals surface area contributed by atoms with Crippen LogP contribution in [0.2, 0.25) is 0 Å². The summed E-state index contributed by atoms with van der Waals surface area (Å²) >= 11 is 0. The third kappa shape index (κ3) is 6.47. The minimum atomic E-state index is -0.389. The summed E-state index contributed by atoms with van der Waals surface area (Å²) in [7, 11) is 0. The maximum Gasteiger partial charge on any atom is 0.315 e. The molecule has 0 aliphatic carbocycles. The molecule has 3 amide bonds. The molecule has 1 aromatic heterocycles. The van der Waals surface area contributed by atoms with E-state index in [0.717, 1.165) is 29.8 Å². The highest BCUT2D eigenvalue weighted by molar-refractivity contribution is 5.84. The molecule has 3 aromatic rings. The Balaban J connectivity index is 1.21. The van der Waals surface area contributed by atoms with E-state index in [1.165, 1.54) is 0 Å². The highest BCUT2D eigenvalue weighted by Gasteiger charge is 2.29. The fourth-order valence-electron chi connectivity index (χ4n) is 3.88. The summed E-state index contributed by atoms with van der Waals surface area (Å²) in [5.41, 5.74) is 7.98. The number of nitrogens with one attached hydrogen (secondary N) is 2. The van der Waals surface area contributed by atoms with Crippen molar-refractivity contribution >= 4 is 17.6 Å². The number of nitrogen functional groups attached to an aromatic ring is 1. The number of amides is 3. The number of para-hydroxylation sites is 1. The van der Waals surface area contributed by atoms with Gasteiger partial charge in [-0.15, -0.1) is 5.10 Å². The van der Waals surface area contributed by atoms with Gasteiger partial charge in [0.2, 0.25) is 5.91 Å².